The zero-order chi connectivity index (χ0) is 27.9. The van der Waals surface area contributed by atoms with Crippen LogP contribution in [-0.4, -0.2) is 51.5 Å². The summed E-state index contributed by atoms with van der Waals surface area (Å²) in [6.07, 6.45) is 4.94. The van der Waals surface area contributed by atoms with E-state index < -0.39 is 5.25 Å². The van der Waals surface area contributed by atoms with E-state index in [1.807, 2.05) is 0 Å². The zero-order valence-corrected chi connectivity index (χ0v) is 24.2. The first kappa shape index (κ1) is 28.6. The largest absolute Gasteiger partial charge is 0.497 e. The van der Waals surface area contributed by atoms with Gasteiger partial charge >= 0.3 is 5.97 Å². The highest BCUT2D eigenvalue weighted by molar-refractivity contribution is 8.00. The summed E-state index contributed by atoms with van der Waals surface area (Å²) in [4.78, 5) is 39.6. The van der Waals surface area contributed by atoms with Crippen LogP contribution in [0.5, 0.6) is 5.75 Å². The van der Waals surface area contributed by atoms with Gasteiger partial charge in [0.1, 0.15) is 10.8 Å². The van der Waals surface area contributed by atoms with Crippen LogP contribution in [0.25, 0.3) is 0 Å². The van der Waals surface area contributed by atoms with Gasteiger partial charge in [0.05, 0.1) is 31.1 Å². The van der Waals surface area contributed by atoms with E-state index in [2.05, 4.69) is 20.8 Å². The van der Waals surface area contributed by atoms with Gasteiger partial charge in [0.2, 0.25) is 5.91 Å². The fourth-order valence-corrected chi connectivity index (χ4v) is 6.39. The van der Waals surface area contributed by atoms with Crippen molar-refractivity contribution in [2.24, 2.45) is 7.05 Å². The summed E-state index contributed by atoms with van der Waals surface area (Å²) in [7, 11) is 3.36. The van der Waals surface area contributed by atoms with E-state index in [0.717, 1.165) is 42.5 Å². The first-order valence-electron chi connectivity index (χ1n) is 12.9. The highest BCUT2D eigenvalue weighted by Crippen LogP contribution is 2.38. The number of aryl methyl sites for hydroxylation is 1. The number of esters is 1. The number of benzene rings is 1. The van der Waals surface area contributed by atoms with Gasteiger partial charge in [0, 0.05) is 17.5 Å². The fraction of sp³-hybridized carbons (Fsp3) is 0.444. The van der Waals surface area contributed by atoms with Crippen LogP contribution in [0.2, 0.25) is 0 Å². The molecular formula is C27H33N5O5S2. The van der Waals surface area contributed by atoms with Gasteiger partial charge in [-0.2, -0.15) is 0 Å². The van der Waals surface area contributed by atoms with Gasteiger partial charge in [-0.3, -0.25) is 9.59 Å². The minimum absolute atomic E-state index is 0.180. The molecule has 2 aromatic heterocycles. The van der Waals surface area contributed by atoms with Crippen LogP contribution in [0.15, 0.2) is 29.4 Å². The van der Waals surface area contributed by atoms with Crippen LogP contribution in [0.1, 0.15) is 70.1 Å². The Kier molecular flexibility index (Phi) is 9.63. The van der Waals surface area contributed by atoms with Crippen LogP contribution in [0.3, 0.4) is 0 Å². The average molecular weight is 572 g/mol. The second kappa shape index (κ2) is 13.1. The number of anilines is 1. The lowest BCUT2D eigenvalue weighted by Crippen LogP contribution is -2.25. The molecule has 3 aromatic rings. The molecule has 10 nitrogen and oxygen atoms in total. The smallest absolute Gasteiger partial charge is 0.341 e. The number of carbonyl (C=O) groups is 3. The third-order valence-corrected chi connectivity index (χ3v) is 8.81. The van der Waals surface area contributed by atoms with Crippen molar-refractivity contribution >= 4 is 45.9 Å². The molecule has 0 aliphatic heterocycles. The lowest BCUT2D eigenvalue weighted by molar-refractivity contribution is -0.115. The second-order valence-corrected chi connectivity index (χ2v) is 11.5. The standard InChI is InChI=1S/C27H33N5O5S2/c1-5-37-26(35)22-19-9-7-6-8-10-20(19)39-25(22)29-23(33)16(2)38-27-31-30-21(32(27)3)15-28-24(34)17-11-13-18(36-4)14-12-17/h11-14,16H,5-10,15H2,1-4H3,(H,28,34)(H,29,33)/t16-/m0/s1. The molecule has 4 rings (SSSR count). The van der Waals surface area contributed by atoms with Gasteiger partial charge in [-0.15, -0.1) is 21.5 Å². The van der Waals surface area contributed by atoms with Gasteiger partial charge in [0.25, 0.3) is 5.91 Å². The van der Waals surface area contributed by atoms with Crippen molar-refractivity contribution in [1.82, 2.24) is 20.1 Å². The van der Waals surface area contributed by atoms with Crippen molar-refractivity contribution in [2.45, 2.75) is 62.9 Å². The van der Waals surface area contributed by atoms with E-state index >= 15 is 0 Å². The van der Waals surface area contributed by atoms with E-state index in [9.17, 15) is 14.4 Å². The third-order valence-electron chi connectivity index (χ3n) is 6.47. The number of fused-ring (bicyclic) bond motifs is 1. The summed E-state index contributed by atoms with van der Waals surface area (Å²) < 4.78 is 12.2. The number of nitrogens with one attached hydrogen (secondary N) is 2. The number of nitrogens with zero attached hydrogens (tertiary/aromatic N) is 3. The monoisotopic (exact) mass is 571 g/mol. The summed E-state index contributed by atoms with van der Waals surface area (Å²) in [6.45, 7) is 4.01. The molecule has 0 unspecified atom stereocenters. The summed E-state index contributed by atoms with van der Waals surface area (Å²) in [5.74, 6) is 0.361. The lowest BCUT2D eigenvalue weighted by Gasteiger charge is -2.12. The molecule has 1 aliphatic rings. The maximum atomic E-state index is 13.2. The highest BCUT2D eigenvalue weighted by atomic mass is 32.2. The topological polar surface area (TPSA) is 124 Å². The Morgan fingerprint density at radius 3 is 2.59 bits per heavy atom. The highest BCUT2D eigenvalue weighted by Gasteiger charge is 2.28. The normalized spacial score (nSPS) is 13.6. The van der Waals surface area contributed by atoms with Gasteiger partial charge in [-0.25, -0.2) is 4.79 Å². The molecule has 2 heterocycles. The number of carbonyl (C=O) groups excluding carboxylic acids is 3. The molecule has 1 aromatic carbocycles. The van der Waals surface area contributed by atoms with Gasteiger partial charge in [-0.1, -0.05) is 18.2 Å². The van der Waals surface area contributed by atoms with Crippen LogP contribution in [0.4, 0.5) is 5.00 Å². The van der Waals surface area contributed by atoms with E-state index in [-0.39, 0.29) is 30.9 Å². The van der Waals surface area contributed by atoms with Crippen molar-refractivity contribution in [2.75, 3.05) is 19.0 Å². The molecule has 1 aliphatic carbocycles. The summed E-state index contributed by atoms with van der Waals surface area (Å²) in [6, 6.07) is 6.82. The predicted molar refractivity (Wildman–Crippen MR) is 151 cm³/mol. The molecule has 0 saturated carbocycles. The van der Waals surface area contributed by atoms with E-state index in [0.29, 0.717) is 32.9 Å². The number of aromatic nitrogens is 3. The molecule has 0 spiro atoms. The number of hydrogen-bond donors (Lipinski definition) is 2. The van der Waals surface area contributed by atoms with Crippen molar-refractivity contribution < 1.29 is 23.9 Å². The number of ether oxygens (including phenoxy) is 2. The summed E-state index contributed by atoms with van der Waals surface area (Å²) >= 11 is 2.73. The molecule has 208 valence electrons. The molecule has 1 atom stereocenters. The molecule has 0 bridgehead atoms. The number of hydrogen-bond acceptors (Lipinski definition) is 9. The van der Waals surface area contributed by atoms with E-state index in [4.69, 9.17) is 9.47 Å². The fourth-order valence-electron chi connectivity index (χ4n) is 4.28. The van der Waals surface area contributed by atoms with Crippen LogP contribution in [0, 0.1) is 0 Å². The Morgan fingerprint density at radius 1 is 1.13 bits per heavy atom. The number of amides is 2. The first-order chi connectivity index (χ1) is 18.8. The molecule has 39 heavy (non-hydrogen) atoms. The van der Waals surface area contributed by atoms with Crippen LogP contribution < -0.4 is 15.4 Å². The van der Waals surface area contributed by atoms with Crippen LogP contribution in [-0.2, 0) is 36.0 Å². The van der Waals surface area contributed by atoms with Gasteiger partial charge in [-0.05, 0) is 69.4 Å². The number of rotatable bonds is 10. The second-order valence-electron chi connectivity index (χ2n) is 9.11. The molecule has 0 radical (unpaired) electrons. The number of thiophene rings is 1. The maximum Gasteiger partial charge on any atom is 0.341 e. The Balaban J connectivity index is 1.39. The van der Waals surface area contributed by atoms with E-state index in [1.165, 1.54) is 23.1 Å². The molecule has 2 amide bonds. The molecule has 0 fully saturated rings. The van der Waals surface area contributed by atoms with E-state index in [1.54, 1.807) is 56.8 Å². The quantitative estimate of drug-likeness (QED) is 0.209. The summed E-state index contributed by atoms with van der Waals surface area (Å²) in [5, 5.41) is 14.8. The minimum atomic E-state index is -0.508. The summed E-state index contributed by atoms with van der Waals surface area (Å²) in [5.41, 5.74) is 2.02. The van der Waals surface area contributed by atoms with Crippen molar-refractivity contribution in [3.63, 3.8) is 0 Å². The first-order valence-corrected chi connectivity index (χ1v) is 14.6. The lowest BCUT2D eigenvalue weighted by atomic mass is 10.1. The van der Waals surface area contributed by atoms with Crippen molar-refractivity contribution in [3.05, 3.63) is 51.7 Å². The molecule has 12 heteroatoms. The zero-order valence-electron chi connectivity index (χ0n) is 22.5. The maximum absolute atomic E-state index is 13.2. The Morgan fingerprint density at radius 2 is 1.87 bits per heavy atom. The number of thioether (sulfide) groups is 1. The van der Waals surface area contributed by atoms with Gasteiger partial charge < -0.3 is 24.7 Å². The number of methoxy groups -OCH3 is 1. The SMILES string of the molecule is CCOC(=O)c1c(NC(=O)[C@H](C)Sc2nnc(CNC(=O)c3ccc(OC)cc3)n2C)sc2c1CCCCC2. The minimum Gasteiger partial charge on any atom is -0.497 e. The predicted octanol–water partition coefficient (Wildman–Crippen LogP) is 4.38. The third kappa shape index (κ3) is 6.80. The Bertz CT molecular complexity index is 1340. The van der Waals surface area contributed by atoms with Crippen molar-refractivity contribution in [3.8, 4) is 5.75 Å². The van der Waals surface area contributed by atoms with Gasteiger partial charge in [0.15, 0.2) is 11.0 Å². The molecule has 2 N–H and O–H groups in total. The van der Waals surface area contributed by atoms with Crippen LogP contribution >= 0.6 is 23.1 Å². The molecule has 0 saturated heterocycles. The molecular weight excluding hydrogens is 538 g/mol. The average Bonchev–Trinajstić information content (AvgIpc) is 3.36. The Hall–Kier alpha value is -3.38. The Labute approximate surface area is 235 Å². The van der Waals surface area contributed by atoms with Crippen molar-refractivity contribution in [1.29, 1.82) is 0 Å².